The van der Waals surface area contributed by atoms with Crippen molar-refractivity contribution in [2.24, 2.45) is 7.05 Å². The first kappa shape index (κ1) is 18.2. The Labute approximate surface area is 166 Å². The zero-order valence-corrected chi connectivity index (χ0v) is 17.3. The summed E-state index contributed by atoms with van der Waals surface area (Å²) < 4.78 is 2.26. The molecular formula is C24H25N4+. The van der Waals surface area contributed by atoms with Gasteiger partial charge in [0.1, 0.15) is 18.7 Å². The molecule has 0 saturated carbocycles. The number of benzene rings is 2. The van der Waals surface area contributed by atoms with Crippen molar-refractivity contribution in [3.8, 4) is 22.6 Å². The summed E-state index contributed by atoms with van der Waals surface area (Å²) >= 11 is 0. The van der Waals surface area contributed by atoms with E-state index < -0.39 is 0 Å². The predicted molar refractivity (Wildman–Crippen MR) is 113 cm³/mol. The van der Waals surface area contributed by atoms with E-state index in [1.807, 2.05) is 13.8 Å². The van der Waals surface area contributed by atoms with Crippen LogP contribution in [0.5, 0.6) is 0 Å². The van der Waals surface area contributed by atoms with E-state index in [1.54, 1.807) is 0 Å². The summed E-state index contributed by atoms with van der Waals surface area (Å²) in [6, 6.07) is 15.3. The third kappa shape index (κ3) is 3.15. The van der Waals surface area contributed by atoms with Gasteiger partial charge in [-0.2, -0.15) is 4.57 Å². The maximum atomic E-state index is 4.53. The number of nitrogens with zero attached hydrogens (tertiary/aromatic N) is 4. The van der Waals surface area contributed by atoms with E-state index in [2.05, 4.69) is 89.8 Å². The van der Waals surface area contributed by atoms with Gasteiger partial charge in [0.2, 0.25) is 11.2 Å². The van der Waals surface area contributed by atoms with Crippen molar-refractivity contribution in [3.63, 3.8) is 0 Å². The summed E-state index contributed by atoms with van der Waals surface area (Å²) in [5.41, 5.74) is 8.56. The van der Waals surface area contributed by atoms with Crippen LogP contribution in [0.25, 0.3) is 33.5 Å². The molecule has 140 valence electrons. The lowest BCUT2D eigenvalue weighted by atomic mass is 9.96. The highest BCUT2D eigenvalue weighted by Crippen LogP contribution is 2.27. The highest BCUT2D eigenvalue weighted by atomic mass is 15.0. The first-order chi connectivity index (χ1) is 13.3. The van der Waals surface area contributed by atoms with Crippen molar-refractivity contribution in [2.45, 2.75) is 34.6 Å². The zero-order valence-electron chi connectivity index (χ0n) is 17.3. The number of aromatic nitrogens is 4. The Balaban J connectivity index is 1.94. The van der Waals surface area contributed by atoms with Gasteiger partial charge in [0, 0.05) is 28.6 Å². The average Bonchev–Trinajstić information content (AvgIpc) is 2.64. The minimum atomic E-state index is 0.722. The molecule has 0 unspecified atom stereocenters. The van der Waals surface area contributed by atoms with Gasteiger partial charge < -0.3 is 0 Å². The summed E-state index contributed by atoms with van der Waals surface area (Å²) in [4.78, 5) is 13.3. The summed E-state index contributed by atoms with van der Waals surface area (Å²) in [7, 11) is 2.13. The molecule has 0 spiro atoms. The van der Waals surface area contributed by atoms with Crippen molar-refractivity contribution >= 4 is 10.9 Å². The Kier molecular flexibility index (Phi) is 4.42. The molecule has 0 amide bonds. The van der Waals surface area contributed by atoms with Crippen molar-refractivity contribution < 1.29 is 4.57 Å². The molecule has 0 radical (unpaired) electrons. The Morgan fingerprint density at radius 1 is 0.750 bits per heavy atom. The van der Waals surface area contributed by atoms with E-state index in [0.29, 0.717) is 0 Å². The Hall–Kier alpha value is -3.14. The molecule has 0 atom stereocenters. The fourth-order valence-corrected chi connectivity index (χ4v) is 3.85. The van der Waals surface area contributed by atoms with Gasteiger partial charge in [-0.05, 0) is 63.9 Å². The van der Waals surface area contributed by atoms with Crippen LogP contribution >= 0.6 is 0 Å². The first-order valence-corrected chi connectivity index (χ1v) is 9.54. The molecule has 4 nitrogen and oxygen atoms in total. The number of fused-ring (bicyclic) bond motifs is 1. The lowest BCUT2D eigenvalue weighted by molar-refractivity contribution is -0.633. The second-order valence-electron chi connectivity index (χ2n) is 7.56. The van der Waals surface area contributed by atoms with Crippen molar-refractivity contribution in [3.05, 3.63) is 70.8 Å². The van der Waals surface area contributed by atoms with Crippen LogP contribution in [0.4, 0.5) is 0 Å². The molecule has 0 aliphatic carbocycles. The van der Waals surface area contributed by atoms with Crippen LogP contribution in [0.3, 0.4) is 0 Å². The summed E-state index contributed by atoms with van der Waals surface area (Å²) in [6.07, 6.45) is 0. The van der Waals surface area contributed by atoms with E-state index in [-0.39, 0.29) is 0 Å². The molecule has 28 heavy (non-hydrogen) atoms. The standard InChI is InChI=1S/C24H25N4/c1-14-11-15(2)16(3)21(12-14)22-10-9-19-7-8-20(13-23(19)28(22)6)24-26-17(4)25-18(5)27-24/h7-13H,1-6H3/q+1. The number of pyridine rings is 1. The Morgan fingerprint density at radius 2 is 1.43 bits per heavy atom. The van der Waals surface area contributed by atoms with Crippen molar-refractivity contribution in [1.29, 1.82) is 0 Å². The second kappa shape index (κ2) is 6.79. The zero-order chi connectivity index (χ0) is 20.0. The predicted octanol–water partition coefficient (Wildman–Crippen LogP) is 4.73. The van der Waals surface area contributed by atoms with Crippen LogP contribution in [0.1, 0.15) is 28.3 Å². The number of rotatable bonds is 2. The van der Waals surface area contributed by atoms with E-state index in [9.17, 15) is 0 Å². The topological polar surface area (TPSA) is 42.6 Å². The molecule has 4 rings (SSSR count). The molecule has 0 fully saturated rings. The normalized spacial score (nSPS) is 11.2. The van der Waals surface area contributed by atoms with Gasteiger partial charge in [0.25, 0.3) is 0 Å². The third-order valence-corrected chi connectivity index (χ3v) is 5.38. The molecule has 2 aromatic heterocycles. The molecule has 4 aromatic rings. The van der Waals surface area contributed by atoms with Gasteiger partial charge in [-0.25, -0.2) is 15.0 Å². The van der Waals surface area contributed by atoms with Crippen LogP contribution in [0, 0.1) is 34.6 Å². The average molecular weight is 369 g/mol. The van der Waals surface area contributed by atoms with Crippen molar-refractivity contribution in [2.75, 3.05) is 0 Å². The fourth-order valence-electron chi connectivity index (χ4n) is 3.85. The molecule has 0 aliphatic rings. The summed E-state index contributed by atoms with van der Waals surface area (Å²) in [5.74, 6) is 2.21. The lowest BCUT2D eigenvalue weighted by Gasteiger charge is -2.11. The molecule has 0 bridgehead atoms. The van der Waals surface area contributed by atoms with Gasteiger partial charge in [0.15, 0.2) is 5.82 Å². The van der Waals surface area contributed by atoms with E-state index in [1.165, 1.54) is 33.3 Å². The maximum Gasteiger partial charge on any atom is 0.213 e. The van der Waals surface area contributed by atoms with Gasteiger partial charge in [-0.15, -0.1) is 0 Å². The lowest BCUT2D eigenvalue weighted by Crippen LogP contribution is -2.32. The molecular weight excluding hydrogens is 344 g/mol. The molecule has 4 heteroatoms. The van der Waals surface area contributed by atoms with Crippen LogP contribution in [-0.2, 0) is 7.05 Å². The number of aryl methyl sites for hydroxylation is 5. The fraction of sp³-hybridized carbons (Fsp3) is 0.250. The Bertz CT molecular complexity index is 1200. The SMILES string of the molecule is Cc1cc(C)c(C)c(-c2ccc3ccc(-c4nc(C)nc(C)n4)cc3[n+]2C)c1. The monoisotopic (exact) mass is 369 g/mol. The van der Waals surface area contributed by atoms with Crippen LogP contribution in [-0.4, -0.2) is 15.0 Å². The van der Waals surface area contributed by atoms with E-state index in [4.69, 9.17) is 0 Å². The second-order valence-corrected chi connectivity index (χ2v) is 7.56. The summed E-state index contributed by atoms with van der Waals surface area (Å²) in [6.45, 7) is 10.3. The smallest absolute Gasteiger partial charge is 0.213 e. The number of hydrogen-bond acceptors (Lipinski definition) is 3. The Morgan fingerprint density at radius 3 is 2.14 bits per heavy atom. The van der Waals surface area contributed by atoms with Crippen LogP contribution in [0.2, 0.25) is 0 Å². The van der Waals surface area contributed by atoms with Gasteiger partial charge in [-0.3, -0.25) is 0 Å². The van der Waals surface area contributed by atoms with Gasteiger partial charge in [0.05, 0.1) is 0 Å². The minimum Gasteiger partial charge on any atom is -0.219 e. The van der Waals surface area contributed by atoms with E-state index >= 15 is 0 Å². The first-order valence-electron chi connectivity index (χ1n) is 9.54. The highest BCUT2D eigenvalue weighted by Gasteiger charge is 2.18. The molecule has 0 aliphatic heterocycles. The van der Waals surface area contributed by atoms with E-state index in [0.717, 1.165) is 28.6 Å². The van der Waals surface area contributed by atoms with Gasteiger partial charge >= 0.3 is 0 Å². The minimum absolute atomic E-state index is 0.722. The maximum absolute atomic E-state index is 4.53. The van der Waals surface area contributed by atoms with Crippen LogP contribution in [0.15, 0.2) is 42.5 Å². The van der Waals surface area contributed by atoms with Crippen LogP contribution < -0.4 is 4.57 Å². The molecule has 2 aromatic carbocycles. The molecule has 0 N–H and O–H groups in total. The van der Waals surface area contributed by atoms with Gasteiger partial charge in [-0.1, -0.05) is 17.7 Å². The third-order valence-electron chi connectivity index (χ3n) is 5.38. The number of hydrogen-bond donors (Lipinski definition) is 0. The van der Waals surface area contributed by atoms with Crippen molar-refractivity contribution in [1.82, 2.24) is 15.0 Å². The quantitative estimate of drug-likeness (QED) is 0.480. The highest BCUT2D eigenvalue weighted by molar-refractivity contribution is 5.82. The molecule has 2 heterocycles. The summed E-state index contributed by atoms with van der Waals surface area (Å²) in [5, 5.41) is 1.19. The largest absolute Gasteiger partial charge is 0.219 e. The molecule has 0 saturated heterocycles.